The number of methoxy groups -OCH3 is 1. The normalized spacial score (nSPS) is 18.4. The number of hydrogen-bond donors (Lipinski definition) is 0. The molecule has 3 aliphatic heterocycles. The Morgan fingerprint density at radius 2 is 1.85 bits per heavy atom. The first-order valence-electron chi connectivity index (χ1n) is 13.2. The predicted molar refractivity (Wildman–Crippen MR) is 150 cm³/mol. The number of anilines is 1. The Morgan fingerprint density at radius 1 is 0.975 bits per heavy atom. The number of hydrogen-bond acceptors (Lipinski definition) is 9. The second kappa shape index (κ2) is 9.70. The first-order valence-corrected chi connectivity index (χ1v) is 13.2. The molecule has 10 heteroatoms. The van der Waals surface area contributed by atoms with Gasteiger partial charge < -0.3 is 9.64 Å². The molecule has 1 aromatic carbocycles. The van der Waals surface area contributed by atoms with Gasteiger partial charge in [-0.1, -0.05) is 6.07 Å². The molecule has 0 spiro atoms. The van der Waals surface area contributed by atoms with Crippen LogP contribution in [0.15, 0.2) is 67.4 Å². The maximum Gasteiger partial charge on any atom is 0.212 e. The molecule has 2 bridgehead atoms. The highest BCUT2D eigenvalue weighted by atomic mass is 16.5. The number of rotatable bonds is 6. The van der Waals surface area contributed by atoms with Crippen molar-refractivity contribution in [2.24, 2.45) is 7.05 Å². The summed E-state index contributed by atoms with van der Waals surface area (Å²) >= 11 is 0. The molecule has 0 N–H and O–H groups in total. The van der Waals surface area contributed by atoms with Crippen molar-refractivity contribution in [3.8, 4) is 34.2 Å². The Balaban J connectivity index is 1.14. The summed E-state index contributed by atoms with van der Waals surface area (Å²) in [6, 6.07) is 15.5. The quantitative estimate of drug-likeness (QED) is 0.324. The van der Waals surface area contributed by atoms with Crippen LogP contribution in [0.3, 0.4) is 0 Å². The van der Waals surface area contributed by atoms with E-state index in [0.29, 0.717) is 29.0 Å². The summed E-state index contributed by atoms with van der Waals surface area (Å²) in [5, 5.41) is 23.3. The molecule has 0 radical (unpaired) electrons. The van der Waals surface area contributed by atoms with Crippen LogP contribution in [0.2, 0.25) is 0 Å². The summed E-state index contributed by atoms with van der Waals surface area (Å²) in [6.07, 6.45) is 10.3. The van der Waals surface area contributed by atoms with E-state index in [1.165, 1.54) is 18.2 Å². The molecule has 0 aliphatic carbocycles. The number of aryl methyl sites for hydroxylation is 1. The first-order chi connectivity index (χ1) is 19.6. The van der Waals surface area contributed by atoms with Crippen LogP contribution >= 0.6 is 0 Å². The Bertz CT molecular complexity index is 1730. The SMILES string of the molecule is COc1ccc(CN2C3CC2CN(c2ccc(-c4cc(-c5cnn(C)c5)cc5nncc(C#N)c45)cn2)C3)cn1. The minimum Gasteiger partial charge on any atom is -0.481 e. The van der Waals surface area contributed by atoms with E-state index in [0.717, 1.165) is 53.1 Å². The van der Waals surface area contributed by atoms with Gasteiger partial charge in [0.25, 0.3) is 0 Å². The van der Waals surface area contributed by atoms with E-state index in [4.69, 9.17) is 9.72 Å². The first kappa shape index (κ1) is 24.2. The zero-order valence-electron chi connectivity index (χ0n) is 22.3. The lowest BCUT2D eigenvalue weighted by atomic mass is 9.87. The summed E-state index contributed by atoms with van der Waals surface area (Å²) in [5.74, 6) is 1.61. The van der Waals surface area contributed by atoms with Crippen molar-refractivity contribution >= 4 is 16.7 Å². The zero-order chi connectivity index (χ0) is 27.2. The van der Waals surface area contributed by atoms with Gasteiger partial charge in [0.15, 0.2) is 0 Å². The molecular weight excluding hydrogens is 502 g/mol. The van der Waals surface area contributed by atoms with E-state index < -0.39 is 0 Å². The van der Waals surface area contributed by atoms with Crippen molar-refractivity contribution in [3.05, 3.63) is 78.5 Å². The van der Waals surface area contributed by atoms with E-state index >= 15 is 0 Å². The summed E-state index contributed by atoms with van der Waals surface area (Å²) in [5.41, 5.74) is 6.14. The molecule has 3 aliphatic rings. The third-order valence-electron chi connectivity index (χ3n) is 8.00. The van der Waals surface area contributed by atoms with Crippen molar-refractivity contribution in [3.63, 3.8) is 0 Å². The molecule has 0 saturated carbocycles. The average molecular weight is 530 g/mol. The number of nitriles is 1. The van der Waals surface area contributed by atoms with E-state index in [1.807, 2.05) is 44.0 Å². The molecular formula is C30H27N9O. The van der Waals surface area contributed by atoms with E-state index in [2.05, 4.69) is 60.4 Å². The molecule has 3 fully saturated rings. The Kier molecular flexibility index (Phi) is 5.86. The minimum atomic E-state index is 0.491. The highest BCUT2D eigenvalue weighted by Crippen LogP contribution is 2.37. The van der Waals surface area contributed by atoms with Crippen LogP contribution in [0.25, 0.3) is 33.2 Å². The fraction of sp³-hybridized carbons (Fsp3) is 0.267. The lowest BCUT2D eigenvalue weighted by Gasteiger charge is -2.56. The number of pyridine rings is 2. The van der Waals surface area contributed by atoms with Gasteiger partial charge in [-0.25, -0.2) is 9.97 Å². The maximum absolute atomic E-state index is 9.81. The van der Waals surface area contributed by atoms with Gasteiger partial charge in [0.1, 0.15) is 11.9 Å². The fourth-order valence-corrected chi connectivity index (χ4v) is 5.95. The van der Waals surface area contributed by atoms with Gasteiger partial charge in [-0.05, 0) is 47.4 Å². The number of aromatic nitrogens is 6. The van der Waals surface area contributed by atoms with Crippen LogP contribution in [0, 0.1) is 11.3 Å². The minimum absolute atomic E-state index is 0.491. The predicted octanol–water partition coefficient (Wildman–Crippen LogP) is 3.83. The smallest absolute Gasteiger partial charge is 0.212 e. The van der Waals surface area contributed by atoms with Crippen molar-refractivity contribution in [2.75, 3.05) is 25.1 Å². The van der Waals surface area contributed by atoms with Crippen molar-refractivity contribution in [2.45, 2.75) is 25.0 Å². The van der Waals surface area contributed by atoms with Gasteiger partial charge in [0.2, 0.25) is 5.88 Å². The second-order valence-electron chi connectivity index (χ2n) is 10.4. The topological polar surface area (TPSA) is 109 Å². The number of nitrogens with zero attached hydrogens (tertiary/aromatic N) is 9. The third kappa shape index (κ3) is 4.21. The van der Waals surface area contributed by atoms with E-state index in [9.17, 15) is 5.26 Å². The molecule has 5 aromatic rings. The van der Waals surface area contributed by atoms with Gasteiger partial charge >= 0.3 is 0 Å². The van der Waals surface area contributed by atoms with Gasteiger partial charge in [0.05, 0.1) is 30.6 Å². The summed E-state index contributed by atoms with van der Waals surface area (Å²) in [7, 11) is 3.53. The van der Waals surface area contributed by atoms with E-state index in [-0.39, 0.29) is 0 Å². The lowest BCUT2D eigenvalue weighted by Crippen LogP contribution is -2.68. The highest BCUT2D eigenvalue weighted by molar-refractivity contribution is 6.01. The van der Waals surface area contributed by atoms with Crippen LogP contribution in [0.5, 0.6) is 5.88 Å². The van der Waals surface area contributed by atoms with Crippen molar-refractivity contribution < 1.29 is 4.74 Å². The van der Waals surface area contributed by atoms with Gasteiger partial charge in [-0.15, -0.1) is 0 Å². The molecule has 7 heterocycles. The molecule has 3 saturated heterocycles. The standard InChI is InChI=1S/C30H27N9O/c1-37-16-23(14-35-37)21-7-26(30-22(10-31)13-34-36-27(30)8-21)20-4-5-28(32-12-20)38-17-24-9-25(18-38)39(24)15-19-3-6-29(40-2)33-11-19/h3-8,11-14,16,24-25H,9,15,17-18H2,1-2H3. The maximum atomic E-state index is 9.81. The van der Waals surface area contributed by atoms with Crippen molar-refractivity contribution in [1.82, 2.24) is 34.8 Å². The van der Waals surface area contributed by atoms with Gasteiger partial charge in [0, 0.05) is 79.9 Å². The van der Waals surface area contributed by atoms with Crippen LogP contribution in [-0.2, 0) is 13.6 Å². The molecule has 40 heavy (non-hydrogen) atoms. The number of ether oxygens (including phenoxy) is 1. The molecule has 4 aromatic heterocycles. The lowest BCUT2D eigenvalue weighted by molar-refractivity contribution is -0.00876. The molecule has 10 nitrogen and oxygen atoms in total. The zero-order valence-corrected chi connectivity index (χ0v) is 22.3. The fourth-order valence-electron chi connectivity index (χ4n) is 5.95. The average Bonchev–Trinajstić information content (AvgIpc) is 3.45. The number of piperidine rings is 1. The van der Waals surface area contributed by atoms with Gasteiger partial charge in [-0.3, -0.25) is 9.58 Å². The molecule has 8 rings (SSSR count). The monoisotopic (exact) mass is 529 g/mol. The molecule has 2 atom stereocenters. The highest BCUT2D eigenvalue weighted by Gasteiger charge is 2.44. The number of benzene rings is 1. The molecule has 198 valence electrons. The molecule has 2 unspecified atom stereocenters. The van der Waals surface area contributed by atoms with Crippen LogP contribution in [0.1, 0.15) is 17.5 Å². The Hall–Kier alpha value is -4.88. The Labute approximate surface area is 231 Å². The number of fused-ring (bicyclic) bond motifs is 3. The van der Waals surface area contributed by atoms with Crippen molar-refractivity contribution in [1.29, 1.82) is 5.26 Å². The summed E-state index contributed by atoms with van der Waals surface area (Å²) in [4.78, 5) is 14.2. The summed E-state index contributed by atoms with van der Waals surface area (Å²) in [6.45, 7) is 2.79. The van der Waals surface area contributed by atoms with Crippen LogP contribution in [0.4, 0.5) is 5.82 Å². The third-order valence-corrected chi connectivity index (χ3v) is 8.00. The number of piperazine rings is 1. The van der Waals surface area contributed by atoms with Crippen LogP contribution in [-0.4, -0.2) is 67.1 Å². The van der Waals surface area contributed by atoms with E-state index in [1.54, 1.807) is 11.8 Å². The Morgan fingerprint density at radius 3 is 2.52 bits per heavy atom. The molecule has 0 amide bonds. The van der Waals surface area contributed by atoms with Gasteiger partial charge in [-0.2, -0.15) is 20.6 Å². The second-order valence-corrected chi connectivity index (χ2v) is 10.4. The largest absolute Gasteiger partial charge is 0.481 e. The summed E-state index contributed by atoms with van der Waals surface area (Å²) < 4.78 is 6.96. The van der Waals surface area contributed by atoms with Crippen LogP contribution < -0.4 is 9.64 Å².